The number of ketones is 1. The van der Waals surface area contributed by atoms with Gasteiger partial charge in [-0.05, 0) is 44.5 Å². The average Bonchev–Trinajstić information content (AvgIpc) is 2.87. The van der Waals surface area contributed by atoms with Crippen LogP contribution < -0.4 is 15.4 Å². The topological polar surface area (TPSA) is 107 Å². The largest absolute Gasteiger partial charge is 0.483 e. The van der Waals surface area contributed by atoms with E-state index in [-0.39, 0.29) is 5.56 Å². The third-order valence-electron chi connectivity index (χ3n) is 5.23. The van der Waals surface area contributed by atoms with Crippen LogP contribution in [0.4, 0.5) is 42.5 Å². The van der Waals surface area contributed by atoms with Crippen LogP contribution in [0.15, 0.2) is 60.9 Å². The molecule has 42 heavy (non-hydrogen) atoms. The third kappa shape index (κ3) is 9.49. The molecule has 2 N–H and O–H groups in total. The van der Waals surface area contributed by atoms with E-state index in [1.807, 2.05) is 0 Å². The Labute approximate surface area is 236 Å². The van der Waals surface area contributed by atoms with Crippen molar-refractivity contribution in [2.75, 3.05) is 17.2 Å². The second-order valence-corrected chi connectivity index (χ2v) is 9.89. The van der Waals surface area contributed by atoms with Gasteiger partial charge in [0, 0.05) is 29.6 Å². The standard InChI is InChI=1S/C28H25F6N3O5/c1-26(2,3)42-25(40)37-21-12-23(41-15-27(29,30)31)19(28(32,33)34)11-20(21)36-24(39)13-22(38)17-7-4-6-16(10-17)18-8-5-9-35-14-18/h4-12,14H,13,15H2,1-3H3,(H,36,39)(H,37,40). The number of aromatic nitrogens is 1. The number of Topliss-reactive ketones (excluding diaryl/α,β-unsaturated/α-hetero) is 1. The molecule has 14 heteroatoms. The van der Waals surface area contributed by atoms with E-state index in [1.54, 1.807) is 36.7 Å². The smallest absolute Gasteiger partial charge is 0.422 e. The van der Waals surface area contributed by atoms with Crippen molar-refractivity contribution in [1.29, 1.82) is 0 Å². The zero-order chi connectivity index (χ0) is 31.3. The highest BCUT2D eigenvalue weighted by molar-refractivity contribution is 6.12. The van der Waals surface area contributed by atoms with E-state index in [0.29, 0.717) is 23.3 Å². The first-order chi connectivity index (χ1) is 19.4. The van der Waals surface area contributed by atoms with Gasteiger partial charge in [0.1, 0.15) is 11.4 Å². The SMILES string of the molecule is CC(C)(C)OC(=O)Nc1cc(OCC(F)(F)F)c(C(F)(F)F)cc1NC(=O)CC(=O)c1cccc(-c2cccnc2)c1. The van der Waals surface area contributed by atoms with Gasteiger partial charge >= 0.3 is 18.4 Å². The average molecular weight is 598 g/mol. The number of amides is 2. The van der Waals surface area contributed by atoms with Gasteiger partial charge in [0.25, 0.3) is 0 Å². The van der Waals surface area contributed by atoms with Crippen LogP contribution in [0, 0.1) is 0 Å². The summed E-state index contributed by atoms with van der Waals surface area (Å²) in [7, 11) is 0. The Morgan fingerprint density at radius 2 is 1.52 bits per heavy atom. The van der Waals surface area contributed by atoms with Crippen LogP contribution >= 0.6 is 0 Å². The van der Waals surface area contributed by atoms with Gasteiger partial charge in [-0.15, -0.1) is 0 Å². The Kier molecular flexibility index (Phi) is 9.49. The molecule has 0 spiro atoms. The van der Waals surface area contributed by atoms with E-state index < -0.39 is 71.5 Å². The van der Waals surface area contributed by atoms with Crippen LogP contribution in [-0.2, 0) is 15.7 Å². The number of rotatable bonds is 8. The summed E-state index contributed by atoms with van der Waals surface area (Å²) in [5, 5.41) is 4.22. The van der Waals surface area contributed by atoms with Gasteiger partial charge in [-0.3, -0.25) is 19.9 Å². The molecule has 1 heterocycles. The molecule has 0 aliphatic carbocycles. The van der Waals surface area contributed by atoms with Crippen LogP contribution in [0.25, 0.3) is 11.1 Å². The molecule has 224 valence electrons. The summed E-state index contributed by atoms with van der Waals surface area (Å²) in [5.74, 6) is -3.00. The molecule has 0 aliphatic heterocycles. The molecule has 2 amide bonds. The summed E-state index contributed by atoms with van der Waals surface area (Å²) >= 11 is 0. The van der Waals surface area contributed by atoms with E-state index in [1.165, 1.54) is 32.9 Å². The Balaban J connectivity index is 1.91. The summed E-state index contributed by atoms with van der Waals surface area (Å²) < 4.78 is 88.9. The van der Waals surface area contributed by atoms with Gasteiger partial charge in [0.2, 0.25) is 5.91 Å². The summed E-state index contributed by atoms with van der Waals surface area (Å²) in [6, 6.07) is 10.5. The van der Waals surface area contributed by atoms with E-state index in [4.69, 9.17) is 4.74 Å². The van der Waals surface area contributed by atoms with Gasteiger partial charge in [-0.25, -0.2) is 4.79 Å². The van der Waals surface area contributed by atoms with Crippen LogP contribution in [0.2, 0.25) is 0 Å². The van der Waals surface area contributed by atoms with E-state index in [0.717, 1.165) is 0 Å². The fourth-order valence-electron chi connectivity index (χ4n) is 3.55. The zero-order valence-electron chi connectivity index (χ0n) is 22.4. The fourth-order valence-corrected chi connectivity index (χ4v) is 3.55. The number of carbonyl (C=O) groups is 3. The molecular formula is C28H25F6N3O5. The molecule has 0 bridgehead atoms. The number of ether oxygens (including phenoxy) is 2. The maximum absolute atomic E-state index is 13.8. The minimum atomic E-state index is -5.21. The second-order valence-electron chi connectivity index (χ2n) is 9.89. The molecular weight excluding hydrogens is 572 g/mol. The van der Waals surface area contributed by atoms with Crippen molar-refractivity contribution in [3.05, 3.63) is 72.1 Å². The molecule has 0 unspecified atom stereocenters. The summed E-state index contributed by atoms with van der Waals surface area (Å²) in [6.07, 6.45) is -9.04. The molecule has 0 radical (unpaired) electrons. The summed E-state index contributed by atoms with van der Waals surface area (Å²) in [5.41, 5.74) is -2.48. The second kappa shape index (κ2) is 12.5. The molecule has 2 aromatic carbocycles. The van der Waals surface area contributed by atoms with Crippen molar-refractivity contribution in [1.82, 2.24) is 4.98 Å². The maximum Gasteiger partial charge on any atom is 0.422 e. The van der Waals surface area contributed by atoms with Crippen LogP contribution in [0.1, 0.15) is 43.1 Å². The number of hydrogen-bond acceptors (Lipinski definition) is 6. The van der Waals surface area contributed by atoms with Crippen LogP contribution in [0.3, 0.4) is 0 Å². The minimum Gasteiger partial charge on any atom is -0.483 e. The fraction of sp³-hybridized carbons (Fsp3) is 0.286. The quantitative estimate of drug-likeness (QED) is 0.161. The number of alkyl halides is 6. The Morgan fingerprint density at radius 3 is 2.12 bits per heavy atom. The lowest BCUT2D eigenvalue weighted by molar-refractivity contribution is -0.158. The molecule has 0 aliphatic rings. The lowest BCUT2D eigenvalue weighted by atomic mass is 10.0. The van der Waals surface area contributed by atoms with Gasteiger partial charge in [-0.1, -0.05) is 24.3 Å². The highest BCUT2D eigenvalue weighted by Crippen LogP contribution is 2.42. The predicted octanol–water partition coefficient (Wildman–Crippen LogP) is 7.27. The number of nitrogens with zero attached hydrogens (tertiary/aromatic N) is 1. The molecule has 0 saturated heterocycles. The van der Waals surface area contributed by atoms with Crippen LogP contribution in [-0.4, -0.2) is 41.2 Å². The Hall–Kier alpha value is -4.62. The predicted molar refractivity (Wildman–Crippen MR) is 140 cm³/mol. The molecule has 8 nitrogen and oxygen atoms in total. The van der Waals surface area contributed by atoms with Crippen molar-refractivity contribution < 1.29 is 50.2 Å². The highest BCUT2D eigenvalue weighted by atomic mass is 19.4. The van der Waals surface area contributed by atoms with Gasteiger partial charge in [0.15, 0.2) is 12.4 Å². The molecule has 3 rings (SSSR count). The van der Waals surface area contributed by atoms with E-state index in [2.05, 4.69) is 20.4 Å². The summed E-state index contributed by atoms with van der Waals surface area (Å²) in [4.78, 5) is 41.9. The number of hydrogen-bond donors (Lipinski definition) is 2. The Morgan fingerprint density at radius 1 is 0.857 bits per heavy atom. The zero-order valence-corrected chi connectivity index (χ0v) is 22.4. The number of benzene rings is 2. The first-order valence-electron chi connectivity index (χ1n) is 12.2. The number of pyridine rings is 1. The van der Waals surface area contributed by atoms with Gasteiger partial charge < -0.3 is 14.8 Å². The Bertz CT molecular complexity index is 1450. The molecule has 1 aromatic heterocycles. The molecule has 0 fully saturated rings. The van der Waals surface area contributed by atoms with Crippen LogP contribution in [0.5, 0.6) is 5.75 Å². The number of anilines is 2. The third-order valence-corrected chi connectivity index (χ3v) is 5.23. The number of nitrogens with one attached hydrogen (secondary N) is 2. The first kappa shape index (κ1) is 31.9. The highest BCUT2D eigenvalue weighted by Gasteiger charge is 2.38. The van der Waals surface area contributed by atoms with Gasteiger partial charge in [0.05, 0.1) is 23.4 Å². The minimum absolute atomic E-state index is 0.130. The van der Waals surface area contributed by atoms with E-state index in [9.17, 15) is 40.7 Å². The summed E-state index contributed by atoms with van der Waals surface area (Å²) in [6.45, 7) is 2.43. The van der Waals surface area contributed by atoms with Crippen molar-refractivity contribution in [3.8, 4) is 16.9 Å². The van der Waals surface area contributed by atoms with Crippen molar-refractivity contribution in [3.63, 3.8) is 0 Å². The van der Waals surface area contributed by atoms with E-state index >= 15 is 0 Å². The number of carbonyl (C=O) groups excluding carboxylic acids is 3. The molecule has 3 aromatic rings. The molecule has 0 saturated carbocycles. The monoisotopic (exact) mass is 597 g/mol. The number of halogens is 6. The normalized spacial score (nSPS) is 11.9. The maximum atomic E-state index is 13.8. The van der Waals surface area contributed by atoms with Crippen molar-refractivity contribution >= 4 is 29.2 Å². The lowest BCUT2D eigenvalue weighted by Gasteiger charge is -2.22. The van der Waals surface area contributed by atoms with Crippen molar-refractivity contribution in [2.24, 2.45) is 0 Å². The van der Waals surface area contributed by atoms with Crippen molar-refractivity contribution in [2.45, 2.75) is 45.1 Å². The lowest BCUT2D eigenvalue weighted by Crippen LogP contribution is -2.28. The van der Waals surface area contributed by atoms with Gasteiger partial charge in [-0.2, -0.15) is 26.3 Å². The molecule has 0 atom stereocenters. The first-order valence-corrected chi connectivity index (χ1v) is 12.2.